The van der Waals surface area contributed by atoms with Gasteiger partial charge >= 0.3 is 5.97 Å². The number of hydrogen-bond acceptors (Lipinski definition) is 6. The van der Waals surface area contributed by atoms with Gasteiger partial charge in [-0.25, -0.2) is 4.79 Å². The Morgan fingerprint density at radius 1 is 1.14 bits per heavy atom. The first kappa shape index (κ1) is 22.4. The van der Waals surface area contributed by atoms with E-state index in [0.717, 1.165) is 17.7 Å². The molecule has 0 bridgehead atoms. The molecule has 0 fully saturated rings. The number of hydrogen-bond donors (Lipinski definition) is 2. The summed E-state index contributed by atoms with van der Waals surface area (Å²) in [6.07, 6.45) is 0.0687. The lowest BCUT2D eigenvalue weighted by Crippen LogP contribution is -2.37. The Bertz CT molecular complexity index is 807. The van der Waals surface area contributed by atoms with E-state index in [-0.39, 0.29) is 25.6 Å². The number of ether oxygens (including phenoxy) is 2. The van der Waals surface area contributed by atoms with Crippen LogP contribution in [0.4, 0.5) is 5.69 Å². The zero-order valence-electron chi connectivity index (χ0n) is 17.1. The van der Waals surface area contributed by atoms with E-state index in [2.05, 4.69) is 10.1 Å². The fraction of sp³-hybridized carbons (Fsp3) is 0.364. The summed E-state index contributed by atoms with van der Waals surface area (Å²) in [7, 11) is 3.09. The van der Waals surface area contributed by atoms with Crippen molar-refractivity contribution in [3.8, 4) is 5.75 Å². The largest absolute Gasteiger partial charge is 0.491 e. The first-order valence-electron chi connectivity index (χ1n) is 9.48. The Morgan fingerprint density at radius 2 is 1.83 bits per heavy atom. The van der Waals surface area contributed by atoms with Crippen LogP contribution in [0.1, 0.15) is 22.8 Å². The molecule has 0 saturated heterocycles. The van der Waals surface area contributed by atoms with Crippen molar-refractivity contribution in [1.82, 2.24) is 4.90 Å². The van der Waals surface area contributed by atoms with Crippen LogP contribution in [0.2, 0.25) is 0 Å². The molecule has 1 amide bonds. The van der Waals surface area contributed by atoms with Crippen molar-refractivity contribution in [1.29, 1.82) is 0 Å². The average Bonchev–Trinajstić information content (AvgIpc) is 2.72. The summed E-state index contributed by atoms with van der Waals surface area (Å²) in [5.74, 6) is -0.0220. The second-order valence-corrected chi connectivity index (χ2v) is 6.74. The number of anilines is 1. The number of benzene rings is 2. The van der Waals surface area contributed by atoms with Gasteiger partial charge in [0.2, 0.25) is 5.91 Å². The normalized spacial score (nSPS) is 11.8. The third-order valence-electron chi connectivity index (χ3n) is 4.33. The number of aryl methyl sites for hydroxylation is 1. The predicted molar refractivity (Wildman–Crippen MR) is 111 cm³/mol. The van der Waals surface area contributed by atoms with E-state index in [0.29, 0.717) is 11.3 Å². The van der Waals surface area contributed by atoms with E-state index in [1.807, 2.05) is 31.2 Å². The molecule has 2 N–H and O–H groups in total. The number of carbonyl (C=O) groups is 2. The lowest BCUT2D eigenvalue weighted by molar-refractivity contribution is -0.117. The Hall–Kier alpha value is -2.90. The number of para-hydroxylation sites is 1. The number of amides is 1. The minimum atomic E-state index is -0.768. The molecule has 0 saturated carbocycles. The van der Waals surface area contributed by atoms with Crippen molar-refractivity contribution in [2.24, 2.45) is 0 Å². The topological polar surface area (TPSA) is 88.1 Å². The Kier molecular flexibility index (Phi) is 8.64. The van der Waals surface area contributed by atoms with E-state index in [4.69, 9.17) is 4.74 Å². The van der Waals surface area contributed by atoms with Gasteiger partial charge in [0.15, 0.2) is 0 Å². The minimum Gasteiger partial charge on any atom is -0.491 e. The van der Waals surface area contributed by atoms with E-state index in [1.54, 1.807) is 36.2 Å². The maximum atomic E-state index is 12.3. The summed E-state index contributed by atoms with van der Waals surface area (Å²) < 4.78 is 10.2. The molecule has 0 aliphatic carbocycles. The van der Waals surface area contributed by atoms with Gasteiger partial charge in [0.05, 0.1) is 19.2 Å². The van der Waals surface area contributed by atoms with Gasteiger partial charge in [0, 0.05) is 12.2 Å². The molecule has 7 nitrogen and oxygen atoms in total. The van der Waals surface area contributed by atoms with E-state index in [9.17, 15) is 14.7 Å². The zero-order valence-corrected chi connectivity index (χ0v) is 17.1. The molecule has 2 rings (SSSR count). The highest BCUT2D eigenvalue weighted by molar-refractivity contribution is 5.93. The highest BCUT2D eigenvalue weighted by atomic mass is 16.5. The second-order valence-electron chi connectivity index (χ2n) is 6.74. The summed E-state index contributed by atoms with van der Waals surface area (Å²) in [5.41, 5.74) is 2.32. The van der Waals surface area contributed by atoms with Crippen LogP contribution in [0.15, 0.2) is 48.5 Å². The van der Waals surface area contributed by atoms with Gasteiger partial charge in [-0.1, -0.05) is 25.1 Å². The van der Waals surface area contributed by atoms with Crippen molar-refractivity contribution in [2.45, 2.75) is 19.4 Å². The molecule has 0 aliphatic rings. The molecule has 0 heterocycles. The maximum Gasteiger partial charge on any atom is 0.337 e. The minimum absolute atomic E-state index is 0.0716. The molecule has 29 heavy (non-hydrogen) atoms. The van der Waals surface area contributed by atoms with Gasteiger partial charge in [-0.15, -0.1) is 0 Å². The molecule has 0 aliphatic heterocycles. The maximum absolute atomic E-state index is 12.3. The highest BCUT2D eigenvalue weighted by Crippen LogP contribution is 2.15. The number of rotatable bonds is 10. The van der Waals surface area contributed by atoms with Gasteiger partial charge in [-0.2, -0.15) is 0 Å². The molecule has 156 valence electrons. The summed E-state index contributed by atoms with van der Waals surface area (Å²) in [5, 5.41) is 13.1. The molecular formula is C22H28N2O5. The number of likely N-dealkylation sites (N-methyl/N-ethyl adjacent to an activating group) is 1. The van der Waals surface area contributed by atoms with Crippen molar-refractivity contribution in [3.05, 3.63) is 59.7 Å². The van der Waals surface area contributed by atoms with E-state index < -0.39 is 12.1 Å². The fourth-order valence-electron chi connectivity index (χ4n) is 2.86. The van der Waals surface area contributed by atoms with Crippen LogP contribution >= 0.6 is 0 Å². The molecule has 0 radical (unpaired) electrons. The third kappa shape index (κ3) is 7.21. The molecule has 2 aromatic rings. The van der Waals surface area contributed by atoms with E-state index >= 15 is 0 Å². The lowest BCUT2D eigenvalue weighted by atomic mass is 10.1. The van der Waals surface area contributed by atoms with E-state index in [1.165, 1.54) is 7.11 Å². The first-order valence-corrected chi connectivity index (χ1v) is 9.48. The number of esters is 1. The average molecular weight is 400 g/mol. The summed E-state index contributed by atoms with van der Waals surface area (Å²) in [4.78, 5) is 25.4. The van der Waals surface area contributed by atoms with Crippen LogP contribution in [-0.2, 0) is 16.0 Å². The van der Waals surface area contributed by atoms with Crippen molar-refractivity contribution in [2.75, 3.05) is 39.2 Å². The monoisotopic (exact) mass is 400 g/mol. The lowest BCUT2D eigenvalue weighted by Gasteiger charge is -2.20. The third-order valence-corrected chi connectivity index (χ3v) is 4.33. The number of methoxy groups -OCH3 is 1. The number of carbonyl (C=O) groups excluding carboxylic acids is 2. The van der Waals surface area contributed by atoms with Crippen molar-refractivity contribution >= 4 is 17.6 Å². The summed E-state index contributed by atoms with van der Waals surface area (Å²) in [6, 6.07) is 14.2. The number of nitrogens with zero attached hydrogens (tertiary/aromatic N) is 1. The summed E-state index contributed by atoms with van der Waals surface area (Å²) >= 11 is 0. The second kappa shape index (κ2) is 11.2. The smallest absolute Gasteiger partial charge is 0.337 e. The zero-order chi connectivity index (χ0) is 21.2. The van der Waals surface area contributed by atoms with Crippen LogP contribution in [0.5, 0.6) is 5.75 Å². The molecule has 0 spiro atoms. The molecule has 7 heteroatoms. The Morgan fingerprint density at radius 3 is 2.48 bits per heavy atom. The number of aliphatic hydroxyl groups excluding tert-OH is 1. The number of nitrogens with one attached hydrogen (secondary N) is 1. The van der Waals surface area contributed by atoms with Crippen LogP contribution in [0, 0.1) is 0 Å². The summed E-state index contributed by atoms with van der Waals surface area (Å²) in [6.45, 7) is 2.55. The van der Waals surface area contributed by atoms with Crippen LogP contribution in [0.25, 0.3) is 0 Å². The number of aliphatic hydroxyl groups is 1. The van der Waals surface area contributed by atoms with Gasteiger partial charge in [0.1, 0.15) is 18.5 Å². The van der Waals surface area contributed by atoms with Crippen molar-refractivity contribution < 1.29 is 24.2 Å². The van der Waals surface area contributed by atoms with Crippen molar-refractivity contribution in [3.63, 3.8) is 0 Å². The first-order chi connectivity index (χ1) is 13.9. The Balaban J connectivity index is 1.76. The van der Waals surface area contributed by atoms with Gasteiger partial charge in [0.25, 0.3) is 0 Å². The van der Waals surface area contributed by atoms with Gasteiger partial charge in [-0.05, 0) is 49.4 Å². The van der Waals surface area contributed by atoms with Gasteiger partial charge < -0.3 is 19.9 Å². The van der Waals surface area contributed by atoms with Crippen LogP contribution in [0.3, 0.4) is 0 Å². The molecule has 2 aromatic carbocycles. The predicted octanol–water partition coefficient (Wildman–Crippen LogP) is 2.35. The molecule has 1 unspecified atom stereocenters. The molecule has 0 aromatic heterocycles. The highest BCUT2D eigenvalue weighted by Gasteiger charge is 2.14. The van der Waals surface area contributed by atoms with Gasteiger partial charge in [-0.3, -0.25) is 9.69 Å². The van der Waals surface area contributed by atoms with Crippen LogP contribution in [-0.4, -0.2) is 61.8 Å². The van der Waals surface area contributed by atoms with Crippen LogP contribution < -0.4 is 10.1 Å². The quantitative estimate of drug-likeness (QED) is 0.595. The fourth-order valence-corrected chi connectivity index (χ4v) is 2.86. The molecular weight excluding hydrogens is 372 g/mol. The SMILES string of the molecule is CCc1ccccc1NC(=O)CN(C)CC(O)COc1ccc(C(=O)OC)cc1. The Labute approximate surface area is 171 Å². The molecule has 1 atom stereocenters. The standard InChI is InChI=1S/C22H28N2O5/c1-4-16-7-5-6-8-20(16)23-21(26)14-24(2)13-18(25)15-29-19-11-9-17(10-12-19)22(27)28-3/h5-12,18,25H,4,13-15H2,1-3H3,(H,23,26).